The van der Waals surface area contributed by atoms with Crippen molar-refractivity contribution in [3.05, 3.63) is 12.0 Å². The maximum Gasteiger partial charge on any atom is 0.225 e. The molecular formula is C15H23FN4O. The lowest BCUT2D eigenvalue weighted by atomic mass is 9.86. The average molecular weight is 294 g/mol. The van der Waals surface area contributed by atoms with Crippen LogP contribution < -0.4 is 10.2 Å². The predicted octanol–water partition coefficient (Wildman–Crippen LogP) is 2.18. The second-order valence-corrected chi connectivity index (χ2v) is 6.12. The van der Waals surface area contributed by atoms with Gasteiger partial charge in [0.15, 0.2) is 11.6 Å². The molecule has 2 atom stereocenters. The van der Waals surface area contributed by atoms with E-state index in [4.69, 9.17) is 0 Å². The fraction of sp³-hybridized carbons (Fsp3) is 0.733. The fourth-order valence-corrected chi connectivity index (χ4v) is 3.35. The summed E-state index contributed by atoms with van der Waals surface area (Å²) in [5.41, 5.74) is 0. The molecule has 1 saturated heterocycles. The van der Waals surface area contributed by atoms with Crippen LogP contribution in [0.3, 0.4) is 0 Å². The molecular weight excluding hydrogens is 271 g/mol. The highest BCUT2D eigenvalue weighted by Crippen LogP contribution is 2.27. The first kappa shape index (κ1) is 14.5. The molecule has 2 heterocycles. The van der Waals surface area contributed by atoms with Crippen molar-refractivity contribution in [2.45, 2.75) is 44.6 Å². The van der Waals surface area contributed by atoms with Gasteiger partial charge < -0.3 is 15.3 Å². The summed E-state index contributed by atoms with van der Waals surface area (Å²) in [4.78, 5) is 10.4. The van der Waals surface area contributed by atoms with Crippen molar-refractivity contribution in [2.24, 2.45) is 5.92 Å². The van der Waals surface area contributed by atoms with Crippen LogP contribution in [0.1, 0.15) is 38.5 Å². The fourth-order valence-electron chi connectivity index (χ4n) is 3.35. The van der Waals surface area contributed by atoms with Gasteiger partial charge in [-0.3, -0.25) is 0 Å². The molecule has 0 aromatic carbocycles. The number of rotatable bonds is 4. The lowest BCUT2D eigenvalue weighted by Crippen LogP contribution is -2.30. The molecule has 1 saturated carbocycles. The number of aliphatic hydroxyl groups is 1. The minimum atomic E-state index is -0.348. The first-order chi connectivity index (χ1) is 10.3. The molecule has 116 valence electrons. The van der Waals surface area contributed by atoms with Crippen LogP contribution in [0.4, 0.5) is 16.2 Å². The van der Waals surface area contributed by atoms with E-state index in [1.165, 1.54) is 6.20 Å². The van der Waals surface area contributed by atoms with Crippen LogP contribution in [-0.2, 0) is 0 Å². The summed E-state index contributed by atoms with van der Waals surface area (Å²) < 4.78 is 13.9. The number of hydrogen-bond acceptors (Lipinski definition) is 5. The molecule has 21 heavy (non-hydrogen) atoms. The molecule has 1 aromatic heterocycles. The molecule has 0 bridgehead atoms. The molecule has 0 amide bonds. The normalized spacial score (nSPS) is 26.1. The predicted molar refractivity (Wildman–Crippen MR) is 79.9 cm³/mol. The highest BCUT2D eigenvalue weighted by atomic mass is 19.1. The van der Waals surface area contributed by atoms with Gasteiger partial charge >= 0.3 is 0 Å². The van der Waals surface area contributed by atoms with Crippen molar-refractivity contribution in [2.75, 3.05) is 29.9 Å². The van der Waals surface area contributed by atoms with Gasteiger partial charge in [0, 0.05) is 25.7 Å². The van der Waals surface area contributed by atoms with Crippen molar-refractivity contribution in [1.29, 1.82) is 0 Å². The van der Waals surface area contributed by atoms with Crippen LogP contribution in [0, 0.1) is 11.7 Å². The maximum atomic E-state index is 13.9. The number of nitrogens with one attached hydrogen (secondary N) is 1. The van der Waals surface area contributed by atoms with Crippen molar-refractivity contribution in [3.63, 3.8) is 0 Å². The zero-order chi connectivity index (χ0) is 14.7. The summed E-state index contributed by atoms with van der Waals surface area (Å²) in [6, 6.07) is 0.271. The summed E-state index contributed by atoms with van der Waals surface area (Å²) >= 11 is 0. The van der Waals surface area contributed by atoms with Crippen molar-refractivity contribution < 1.29 is 9.50 Å². The Bertz CT molecular complexity index is 479. The highest BCUT2D eigenvalue weighted by molar-refractivity contribution is 5.44. The Morgan fingerprint density at radius 2 is 2.10 bits per heavy atom. The van der Waals surface area contributed by atoms with Crippen LogP contribution in [0.25, 0.3) is 0 Å². The lowest BCUT2D eigenvalue weighted by molar-refractivity contribution is 0.184. The number of hydrogen-bond donors (Lipinski definition) is 2. The van der Waals surface area contributed by atoms with Gasteiger partial charge in [0.05, 0.1) is 6.20 Å². The van der Waals surface area contributed by atoms with Gasteiger partial charge in [-0.25, -0.2) is 9.37 Å². The number of aliphatic hydroxyl groups excluding tert-OH is 1. The van der Waals surface area contributed by atoms with Gasteiger partial charge in [0.1, 0.15) is 0 Å². The Morgan fingerprint density at radius 1 is 1.29 bits per heavy atom. The summed E-state index contributed by atoms with van der Waals surface area (Å²) in [5, 5.41) is 12.6. The van der Waals surface area contributed by atoms with Gasteiger partial charge in [0.25, 0.3) is 0 Å². The minimum Gasteiger partial charge on any atom is -0.396 e. The Morgan fingerprint density at radius 3 is 2.86 bits per heavy atom. The molecule has 2 fully saturated rings. The lowest BCUT2D eigenvalue weighted by Gasteiger charge is -2.28. The number of nitrogens with zero attached hydrogens (tertiary/aromatic N) is 3. The second kappa shape index (κ2) is 6.56. The minimum absolute atomic E-state index is 0.238. The number of halogens is 1. The molecule has 1 aliphatic carbocycles. The van der Waals surface area contributed by atoms with Crippen molar-refractivity contribution >= 4 is 11.8 Å². The van der Waals surface area contributed by atoms with Gasteiger partial charge in [-0.15, -0.1) is 0 Å². The molecule has 0 spiro atoms. The first-order valence-electron chi connectivity index (χ1n) is 7.91. The molecule has 1 aliphatic heterocycles. The summed E-state index contributed by atoms with van der Waals surface area (Å²) in [6.45, 7) is 1.97. The average Bonchev–Trinajstić information content (AvgIpc) is 3.03. The van der Waals surface area contributed by atoms with Gasteiger partial charge in [-0.2, -0.15) is 4.98 Å². The molecule has 3 rings (SSSR count). The third kappa shape index (κ3) is 3.43. The number of aromatic nitrogens is 2. The van der Waals surface area contributed by atoms with Gasteiger partial charge in [0.2, 0.25) is 5.95 Å². The monoisotopic (exact) mass is 294 g/mol. The van der Waals surface area contributed by atoms with E-state index in [0.717, 1.165) is 51.6 Å². The quantitative estimate of drug-likeness (QED) is 0.891. The van der Waals surface area contributed by atoms with E-state index >= 15 is 0 Å². The van der Waals surface area contributed by atoms with Crippen LogP contribution in [0.2, 0.25) is 0 Å². The molecule has 2 N–H and O–H groups in total. The van der Waals surface area contributed by atoms with Crippen LogP contribution in [0.15, 0.2) is 6.20 Å². The zero-order valence-electron chi connectivity index (χ0n) is 12.3. The summed E-state index contributed by atoms with van der Waals surface area (Å²) in [7, 11) is 0. The molecule has 6 heteroatoms. The second-order valence-electron chi connectivity index (χ2n) is 6.12. The summed E-state index contributed by atoms with van der Waals surface area (Å²) in [5.74, 6) is 0.926. The highest BCUT2D eigenvalue weighted by Gasteiger charge is 2.23. The standard InChI is InChI=1S/C15H23FN4O/c16-13-9-17-15(19-14(13)20-6-1-2-7-20)18-12-5-3-4-11(8-12)10-21/h9,11-12,21H,1-8,10H2,(H,17,18,19). The molecule has 0 radical (unpaired) electrons. The van der Waals surface area contributed by atoms with Crippen LogP contribution in [-0.4, -0.2) is 40.8 Å². The van der Waals surface area contributed by atoms with E-state index in [1.807, 2.05) is 4.90 Å². The van der Waals surface area contributed by atoms with Crippen molar-refractivity contribution in [3.8, 4) is 0 Å². The van der Waals surface area contributed by atoms with Gasteiger partial charge in [-0.05, 0) is 38.0 Å². The van der Waals surface area contributed by atoms with E-state index < -0.39 is 0 Å². The van der Waals surface area contributed by atoms with Crippen molar-refractivity contribution in [1.82, 2.24) is 9.97 Å². The van der Waals surface area contributed by atoms with E-state index in [1.54, 1.807) is 0 Å². The third-order valence-electron chi connectivity index (χ3n) is 4.51. The molecule has 2 aliphatic rings. The SMILES string of the molecule is OCC1CCCC(Nc2ncc(F)c(N3CCCC3)n2)C1. The largest absolute Gasteiger partial charge is 0.396 e. The van der Waals surface area contributed by atoms with Crippen LogP contribution >= 0.6 is 0 Å². The van der Waals surface area contributed by atoms with E-state index in [0.29, 0.717) is 17.7 Å². The van der Waals surface area contributed by atoms with Crippen LogP contribution in [0.5, 0.6) is 0 Å². The first-order valence-corrected chi connectivity index (χ1v) is 7.91. The number of anilines is 2. The van der Waals surface area contributed by atoms with E-state index in [-0.39, 0.29) is 18.5 Å². The summed E-state index contributed by atoms with van der Waals surface area (Å²) in [6.07, 6.45) is 7.60. The maximum absolute atomic E-state index is 13.9. The Labute approximate surface area is 124 Å². The molecule has 5 nitrogen and oxygen atoms in total. The topological polar surface area (TPSA) is 61.3 Å². The molecule has 2 unspecified atom stereocenters. The third-order valence-corrected chi connectivity index (χ3v) is 4.51. The van der Waals surface area contributed by atoms with Gasteiger partial charge in [-0.1, -0.05) is 6.42 Å². The van der Waals surface area contributed by atoms with E-state index in [9.17, 15) is 9.50 Å². The Balaban J connectivity index is 1.69. The Hall–Kier alpha value is -1.43. The zero-order valence-corrected chi connectivity index (χ0v) is 12.3. The molecule has 1 aromatic rings. The Kier molecular flexibility index (Phi) is 4.53. The van der Waals surface area contributed by atoms with E-state index in [2.05, 4.69) is 15.3 Å². The smallest absolute Gasteiger partial charge is 0.225 e.